The fourth-order valence-corrected chi connectivity index (χ4v) is 4.68. The van der Waals surface area contributed by atoms with Crippen molar-refractivity contribution in [2.75, 3.05) is 4.90 Å². The Morgan fingerprint density at radius 3 is 2.15 bits per heavy atom. The highest BCUT2D eigenvalue weighted by molar-refractivity contribution is 6.52. The van der Waals surface area contributed by atoms with E-state index in [1.54, 1.807) is 6.07 Å². The van der Waals surface area contributed by atoms with Gasteiger partial charge in [0.2, 0.25) is 0 Å². The highest BCUT2D eigenvalue weighted by Gasteiger charge is 2.47. The second-order valence-corrected chi connectivity index (χ2v) is 8.34. The molecule has 0 radical (unpaired) electrons. The molecule has 4 heteroatoms. The Labute approximate surface area is 192 Å². The smallest absolute Gasteiger partial charge is 0.300 e. The maximum Gasteiger partial charge on any atom is 0.300 e. The number of aryl methyl sites for hydroxylation is 2. The first-order valence-corrected chi connectivity index (χ1v) is 10.9. The van der Waals surface area contributed by atoms with Crippen molar-refractivity contribution in [2.45, 2.75) is 19.9 Å². The van der Waals surface area contributed by atoms with Gasteiger partial charge in [0.1, 0.15) is 5.76 Å². The van der Waals surface area contributed by atoms with Gasteiger partial charge in [-0.15, -0.1) is 0 Å². The summed E-state index contributed by atoms with van der Waals surface area (Å²) < 4.78 is 0. The van der Waals surface area contributed by atoms with Gasteiger partial charge in [-0.25, -0.2) is 0 Å². The number of ketones is 1. The number of rotatable bonds is 3. The number of amides is 1. The lowest BCUT2D eigenvalue weighted by molar-refractivity contribution is -0.132. The van der Waals surface area contributed by atoms with E-state index < -0.39 is 17.7 Å². The van der Waals surface area contributed by atoms with Crippen molar-refractivity contribution in [2.24, 2.45) is 0 Å². The molecule has 162 valence electrons. The molecular weight excluding hydrogens is 410 g/mol. The van der Waals surface area contributed by atoms with Crippen LogP contribution in [0.3, 0.4) is 0 Å². The topological polar surface area (TPSA) is 57.6 Å². The molecule has 1 heterocycles. The molecule has 1 atom stereocenters. The predicted octanol–water partition coefficient (Wildman–Crippen LogP) is 6.08. The number of para-hydroxylation sites is 1. The summed E-state index contributed by atoms with van der Waals surface area (Å²) in [6.07, 6.45) is 0. The first-order chi connectivity index (χ1) is 16.0. The standard InChI is InChI=1S/C29H23NO3/c1-18-10-3-6-14-21(18)26-25(27(31)23-16-9-13-20-12-5-7-15-22(20)23)28(32)29(33)30(26)24-17-8-4-11-19(24)2/h3-17,26,31H,1-2H3/b27-25+. The number of benzene rings is 4. The van der Waals surface area contributed by atoms with Crippen LogP contribution < -0.4 is 4.90 Å². The summed E-state index contributed by atoms with van der Waals surface area (Å²) in [5.74, 6) is -1.48. The molecule has 1 saturated heterocycles. The Balaban J connectivity index is 1.82. The molecule has 0 aromatic heterocycles. The van der Waals surface area contributed by atoms with Gasteiger partial charge in [0.25, 0.3) is 11.7 Å². The lowest BCUT2D eigenvalue weighted by Gasteiger charge is -2.28. The number of hydrogen-bond donors (Lipinski definition) is 1. The van der Waals surface area contributed by atoms with Gasteiger partial charge in [0.05, 0.1) is 11.6 Å². The van der Waals surface area contributed by atoms with Crippen LogP contribution in [0.15, 0.2) is 96.6 Å². The zero-order valence-corrected chi connectivity index (χ0v) is 18.4. The van der Waals surface area contributed by atoms with Crippen molar-refractivity contribution in [1.82, 2.24) is 0 Å². The van der Waals surface area contributed by atoms with Gasteiger partial charge in [0.15, 0.2) is 0 Å². The summed E-state index contributed by atoms with van der Waals surface area (Å²) in [4.78, 5) is 28.4. The maximum atomic E-state index is 13.4. The van der Waals surface area contributed by atoms with E-state index in [1.807, 2.05) is 98.8 Å². The van der Waals surface area contributed by atoms with Crippen LogP contribution in [-0.4, -0.2) is 16.8 Å². The van der Waals surface area contributed by atoms with Crippen molar-refractivity contribution < 1.29 is 14.7 Å². The third-order valence-corrected chi connectivity index (χ3v) is 6.35. The summed E-state index contributed by atoms with van der Waals surface area (Å²) in [5, 5.41) is 13.3. The number of aliphatic hydroxyl groups excluding tert-OH is 1. The normalized spacial score (nSPS) is 17.6. The molecule has 4 nitrogen and oxygen atoms in total. The molecule has 5 rings (SSSR count). The van der Waals surface area contributed by atoms with Crippen molar-refractivity contribution in [1.29, 1.82) is 0 Å². The fourth-order valence-electron chi connectivity index (χ4n) is 4.68. The van der Waals surface area contributed by atoms with Gasteiger partial charge in [-0.1, -0.05) is 84.9 Å². The zero-order chi connectivity index (χ0) is 23.1. The number of carbonyl (C=O) groups is 2. The Morgan fingerprint density at radius 1 is 0.758 bits per heavy atom. The van der Waals surface area contributed by atoms with E-state index in [2.05, 4.69) is 0 Å². The molecular formula is C29H23NO3. The van der Waals surface area contributed by atoms with E-state index in [9.17, 15) is 14.7 Å². The molecule has 4 aromatic carbocycles. The molecule has 1 amide bonds. The molecule has 0 spiro atoms. The van der Waals surface area contributed by atoms with Crippen LogP contribution in [0.4, 0.5) is 5.69 Å². The molecule has 1 unspecified atom stereocenters. The number of anilines is 1. The van der Waals surface area contributed by atoms with Crippen LogP contribution in [-0.2, 0) is 9.59 Å². The van der Waals surface area contributed by atoms with Gasteiger partial charge >= 0.3 is 0 Å². The molecule has 4 aromatic rings. The predicted molar refractivity (Wildman–Crippen MR) is 131 cm³/mol. The minimum absolute atomic E-state index is 0.105. The molecule has 1 fully saturated rings. The largest absolute Gasteiger partial charge is 0.507 e. The fraction of sp³-hybridized carbons (Fsp3) is 0.103. The summed E-state index contributed by atoms with van der Waals surface area (Å²) in [6, 6.07) is 27.7. The van der Waals surface area contributed by atoms with Crippen LogP contribution in [0.5, 0.6) is 0 Å². The number of hydrogen-bond acceptors (Lipinski definition) is 3. The number of nitrogens with zero attached hydrogens (tertiary/aromatic N) is 1. The minimum atomic E-state index is -0.730. The van der Waals surface area contributed by atoms with Crippen molar-refractivity contribution in [3.8, 4) is 0 Å². The third kappa shape index (κ3) is 3.31. The van der Waals surface area contributed by atoms with Crippen LogP contribution in [0.2, 0.25) is 0 Å². The zero-order valence-electron chi connectivity index (χ0n) is 18.4. The van der Waals surface area contributed by atoms with Gasteiger partial charge in [0, 0.05) is 11.3 Å². The molecule has 33 heavy (non-hydrogen) atoms. The number of aliphatic hydroxyl groups is 1. The van der Waals surface area contributed by atoms with E-state index in [0.29, 0.717) is 11.3 Å². The second kappa shape index (κ2) is 8.06. The SMILES string of the molecule is Cc1ccccc1C1/C(=C(\O)c2cccc3ccccc23)C(=O)C(=O)N1c1ccccc1C. The first-order valence-electron chi connectivity index (χ1n) is 10.9. The molecule has 0 aliphatic carbocycles. The molecule has 1 N–H and O–H groups in total. The van der Waals surface area contributed by atoms with Crippen LogP contribution in [0.25, 0.3) is 16.5 Å². The second-order valence-electron chi connectivity index (χ2n) is 8.34. The minimum Gasteiger partial charge on any atom is -0.507 e. The Hall–Kier alpha value is -4.18. The summed E-state index contributed by atoms with van der Waals surface area (Å²) in [7, 11) is 0. The molecule has 1 aliphatic heterocycles. The lowest BCUT2D eigenvalue weighted by Crippen LogP contribution is -2.30. The highest BCUT2D eigenvalue weighted by Crippen LogP contribution is 2.44. The van der Waals surface area contributed by atoms with Gasteiger partial charge in [-0.05, 0) is 47.4 Å². The van der Waals surface area contributed by atoms with E-state index in [1.165, 1.54) is 4.90 Å². The maximum absolute atomic E-state index is 13.4. The number of fused-ring (bicyclic) bond motifs is 1. The lowest BCUT2D eigenvalue weighted by atomic mass is 9.91. The Bertz CT molecular complexity index is 1440. The summed E-state index contributed by atoms with van der Waals surface area (Å²) in [6.45, 7) is 3.86. The van der Waals surface area contributed by atoms with E-state index in [4.69, 9.17) is 0 Å². The monoisotopic (exact) mass is 433 g/mol. The molecule has 0 bridgehead atoms. The van der Waals surface area contributed by atoms with Crippen LogP contribution in [0, 0.1) is 13.8 Å². The van der Waals surface area contributed by atoms with Crippen molar-refractivity contribution in [3.63, 3.8) is 0 Å². The van der Waals surface area contributed by atoms with Crippen LogP contribution >= 0.6 is 0 Å². The molecule has 0 saturated carbocycles. The first kappa shape index (κ1) is 20.7. The van der Waals surface area contributed by atoms with Crippen LogP contribution in [0.1, 0.15) is 28.3 Å². The number of Topliss-reactive ketones (excluding diaryl/α,β-unsaturated/α-hetero) is 1. The van der Waals surface area contributed by atoms with Gasteiger partial charge in [-0.3, -0.25) is 14.5 Å². The summed E-state index contributed by atoms with van der Waals surface area (Å²) >= 11 is 0. The summed E-state index contributed by atoms with van der Waals surface area (Å²) in [5.41, 5.74) is 3.92. The van der Waals surface area contributed by atoms with E-state index >= 15 is 0 Å². The Kier molecular flexibility index (Phi) is 5.06. The van der Waals surface area contributed by atoms with E-state index in [0.717, 1.165) is 27.5 Å². The van der Waals surface area contributed by atoms with E-state index in [-0.39, 0.29) is 11.3 Å². The third-order valence-electron chi connectivity index (χ3n) is 6.35. The van der Waals surface area contributed by atoms with Crippen molar-refractivity contribution in [3.05, 3.63) is 119 Å². The Morgan fingerprint density at radius 2 is 1.39 bits per heavy atom. The van der Waals surface area contributed by atoms with Crippen molar-refractivity contribution >= 4 is 33.9 Å². The number of carbonyl (C=O) groups excluding carboxylic acids is 2. The van der Waals surface area contributed by atoms with Gasteiger partial charge < -0.3 is 5.11 Å². The van der Waals surface area contributed by atoms with Gasteiger partial charge in [-0.2, -0.15) is 0 Å². The quantitative estimate of drug-likeness (QED) is 0.242. The molecule has 1 aliphatic rings. The highest BCUT2D eigenvalue weighted by atomic mass is 16.3. The average molecular weight is 434 g/mol. The average Bonchev–Trinajstić information content (AvgIpc) is 3.09.